The Morgan fingerprint density at radius 3 is 2.24 bits per heavy atom. The van der Waals surface area contributed by atoms with E-state index in [-0.39, 0.29) is 0 Å². The van der Waals surface area contributed by atoms with Crippen LogP contribution < -0.4 is 9.47 Å². The van der Waals surface area contributed by atoms with Crippen molar-refractivity contribution >= 4 is 15.9 Å². The maximum atomic E-state index is 5.76. The van der Waals surface area contributed by atoms with Crippen LogP contribution in [0.25, 0.3) is 0 Å². The van der Waals surface area contributed by atoms with Crippen LogP contribution in [0.15, 0.2) is 18.2 Å². The predicted molar refractivity (Wildman–Crippen MR) is 91.6 cm³/mol. The second-order valence-corrected chi connectivity index (χ2v) is 6.77. The standard InChI is InChI=1S/C18H27BrO2/c1-4-18(11-7-8-12-18)17(19)14-9-10-15(20-5-2)16(13-14)21-6-3/h9-10,13,17H,4-8,11-12H2,1-3H3. The van der Waals surface area contributed by atoms with E-state index in [2.05, 4.69) is 41.1 Å². The molecule has 2 nitrogen and oxygen atoms in total. The molecule has 0 spiro atoms. The average molecular weight is 355 g/mol. The number of alkyl halides is 1. The van der Waals surface area contributed by atoms with Crippen LogP contribution >= 0.6 is 15.9 Å². The molecule has 1 aliphatic carbocycles. The van der Waals surface area contributed by atoms with Crippen molar-refractivity contribution in [2.75, 3.05) is 13.2 Å². The van der Waals surface area contributed by atoms with E-state index in [0.29, 0.717) is 23.5 Å². The van der Waals surface area contributed by atoms with E-state index in [0.717, 1.165) is 11.5 Å². The molecule has 2 rings (SSSR count). The van der Waals surface area contributed by atoms with E-state index in [1.54, 1.807) is 0 Å². The summed E-state index contributed by atoms with van der Waals surface area (Å²) in [6, 6.07) is 6.39. The molecule has 1 unspecified atom stereocenters. The van der Waals surface area contributed by atoms with Gasteiger partial charge in [0.25, 0.3) is 0 Å². The van der Waals surface area contributed by atoms with Gasteiger partial charge in [-0.25, -0.2) is 0 Å². The molecule has 0 bridgehead atoms. The highest BCUT2D eigenvalue weighted by Crippen LogP contribution is 2.54. The molecule has 0 amide bonds. The molecule has 0 aliphatic heterocycles. The third kappa shape index (κ3) is 3.56. The van der Waals surface area contributed by atoms with E-state index in [1.165, 1.54) is 37.7 Å². The van der Waals surface area contributed by atoms with Crippen molar-refractivity contribution < 1.29 is 9.47 Å². The Labute approximate surface area is 137 Å². The highest BCUT2D eigenvalue weighted by Gasteiger charge is 2.39. The van der Waals surface area contributed by atoms with Crippen LogP contribution in [0, 0.1) is 5.41 Å². The van der Waals surface area contributed by atoms with Crippen LogP contribution in [0.5, 0.6) is 11.5 Å². The van der Waals surface area contributed by atoms with Crippen LogP contribution in [0.1, 0.15) is 63.3 Å². The Morgan fingerprint density at radius 1 is 1.05 bits per heavy atom. The van der Waals surface area contributed by atoms with Gasteiger partial charge in [0.2, 0.25) is 0 Å². The van der Waals surface area contributed by atoms with Gasteiger partial charge in [-0.2, -0.15) is 0 Å². The third-order valence-corrected chi connectivity index (χ3v) is 6.20. The molecule has 118 valence electrons. The molecule has 1 aromatic carbocycles. The summed E-state index contributed by atoms with van der Waals surface area (Å²) in [5.41, 5.74) is 1.71. The maximum absolute atomic E-state index is 5.76. The van der Waals surface area contributed by atoms with E-state index in [1.807, 2.05) is 13.8 Å². The highest BCUT2D eigenvalue weighted by atomic mass is 79.9. The summed E-state index contributed by atoms with van der Waals surface area (Å²) in [5, 5.41) is 0. The van der Waals surface area contributed by atoms with Gasteiger partial charge in [0.1, 0.15) is 0 Å². The Bertz CT molecular complexity index is 453. The molecule has 1 fully saturated rings. The summed E-state index contributed by atoms with van der Waals surface area (Å²) >= 11 is 3.98. The van der Waals surface area contributed by atoms with Gasteiger partial charge in [0.15, 0.2) is 11.5 Å². The molecule has 21 heavy (non-hydrogen) atoms. The molecule has 1 saturated carbocycles. The molecule has 1 aromatic rings. The SMILES string of the molecule is CCOc1ccc(C(Br)C2(CC)CCCC2)cc1OCC. The fourth-order valence-corrected chi connectivity index (χ4v) is 4.51. The molecule has 0 N–H and O–H groups in total. The molecule has 0 saturated heterocycles. The molecule has 0 radical (unpaired) electrons. The smallest absolute Gasteiger partial charge is 0.161 e. The van der Waals surface area contributed by atoms with Crippen molar-refractivity contribution in [3.8, 4) is 11.5 Å². The monoisotopic (exact) mass is 354 g/mol. The minimum Gasteiger partial charge on any atom is -0.490 e. The van der Waals surface area contributed by atoms with Crippen LogP contribution in [0.4, 0.5) is 0 Å². The van der Waals surface area contributed by atoms with Crippen molar-refractivity contribution in [1.82, 2.24) is 0 Å². The zero-order valence-corrected chi connectivity index (χ0v) is 15.0. The first-order valence-electron chi connectivity index (χ1n) is 8.20. The van der Waals surface area contributed by atoms with Gasteiger partial charge in [-0.1, -0.05) is 41.8 Å². The fraction of sp³-hybridized carbons (Fsp3) is 0.667. The lowest BCUT2D eigenvalue weighted by Gasteiger charge is -2.33. The molecule has 3 heteroatoms. The van der Waals surface area contributed by atoms with Crippen molar-refractivity contribution in [1.29, 1.82) is 0 Å². The summed E-state index contributed by atoms with van der Waals surface area (Å²) < 4.78 is 11.4. The summed E-state index contributed by atoms with van der Waals surface area (Å²) in [6.07, 6.45) is 6.56. The van der Waals surface area contributed by atoms with Crippen LogP contribution in [-0.2, 0) is 0 Å². The summed E-state index contributed by atoms with van der Waals surface area (Å²) in [5.74, 6) is 1.71. The Balaban J connectivity index is 2.28. The zero-order chi connectivity index (χ0) is 15.3. The van der Waals surface area contributed by atoms with Crippen molar-refractivity contribution in [3.63, 3.8) is 0 Å². The summed E-state index contributed by atoms with van der Waals surface area (Å²) in [4.78, 5) is 0.396. The number of rotatable bonds is 7. The van der Waals surface area contributed by atoms with Crippen LogP contribution in [-0.4, -0.2) is 13.2 Å². The van der Waals surface area contributed by atoms with Gasteiger partial charge in [0.05, 0.1) is 13.2 Å². The lowest BCUT2D eigenvalue weighted by molar-refractivity contribution is 0.274. The number of ether oxygens (including phenoxy) is 2. The molecule has 0 heterocycles. The van der Waals surface area contributed by atoms with E-state index < -0.39 is 0 Å². The van der Waals surface area contributed by atoms with Gasteiger partial charge in [-0.3, -0.25) is 0 Å². The quantitative estimate of drug-likeness (QED) is 0.568. The molecule has 0 aromatic heterocycles. The Morgan fingerprint density at radius 2 is 1.67 bits per heavy atom. The summed E-state index contributed by atoms with van der Waals surface area (Å²) in [7, 11) is 0. The van der Waals surface area contributed by atoms with Gasteiger partial charge in [-0.15, -0.1) is 0 Å². The lowest BCUT2D eigenvalue weighted by Crippen LogP contribution is -2.21. The fourth-order valence-electron chi connectivity index (χ4n) is 3.44. The normalized spacial score (nSPS) is 18.5. The van der Waals surface area contributed by atoms with Crippen molar-refractivity contribution in [3.05, 3.63) is 23.8 Å². The van der Waals surface area contributed by atoms with E-state index in [4.69, 9.17) is 9.47 Å². The predicted octanol–water partition coefficient (Wildman–Crippen LogP) is 5.89. The second-order valence-electron chi connectivity index (χ2n) is 5.86. The second kappa shape index (κ2) is 7.53. The number of hydrogen-bond acceptors (Lipinski definition) is 2. The van der Waals surface area contributed by atoms with Crippen molar-refractivity contribution in [2.24, 2.45) is 5.41 Å². The number of benzene rings is 1. The van der Waals surface area contributed by atoms with Crippen LogP contribution in [0.3, 0.4) is 0 Å². The number of halogens is 1. The van der Waals surface area contributed by atoms with Crippen molar-refractivity contribution in [2.45, 2.75) is 57.7 Å². The van der Waals surface area contributed by atoms with Crippen LogP contribution in [0.2, 0.25) is 0 Å². The maximum Gasteiger partial charge on any atom is 0.161 e. The first-order valence-corrected chi connectivity index (χ1v) is 9.12. The molecule has 1 atom stereocenters. The molecule has 1 aliphatic rings. The van der Waals surface area contributed by atoms with Gasteiger partial charge in [0, 0.05) is 4.83 Å². The Hall–Kier alpha value is -0.700. The highest BCUT2D eigenvalue weighted by molar-refractivity contribution is 9.09. The lowest BCUT2D eigenvalue weighted by atomic mass is 9.77. The van der Waals surface area contributed by atoms with Gasteiger partial charge < -0.3 is 9.47 Å². The minimum absolute atomic E-state index is 0.396. The minimum atomic E-state index is 0.396. The van der Waals surface area contributed by atoms with Gasteiger partial charge in [-0.05, 0) is 56.2 Å². The number of hydrogen-bond donors (Lipinski definition) is 0. The molecular formula is C18H27BrO2. The topological polar surface area (TPSA) is 18.5 Å². The van der Waals surface area contributed by atoms with E-state index in [9.17, 15) is 0 Å². The average Bonchev–Trinajstić information content (AvgIpc) is 2.99. The summed E-state index contributed by atoms with van der Waals surface area (Å²) in [6.45, 7) is 7.66. The zero-order valence-electron chi connectivity index (χ0n) is 13.5. The first-order chi connectivity index (χ1) is 10.2. The largest absolute Gasteiger partial charge is 0.490 e. The molecular weight excluding hydrogens is 328 g/mol. The van der Waals surface area contributed by atoms with E-state index >= 15 is 0 Å². The first kappa shape index (κ1) is 16.7. The Kier molecular flexibility index (Phi) is 5.98. The third-order valence-electron chi connectivity index (χ3n) is 4.70. The van der Waals surface area contributed by atoms with Gasteiger partial charge >= 0.3 is 0 Å².